The van der Waals surface area contributed by atoms with Crippen molar-refractivity contribution in [1.82, 2.24) is 4.73 Å². The Morgan fingerprint density at radius 3 is 2.54 bits per heavy atom. The summed E-state index contributed by atoms with van der Waals surface area (Å²) >= 11 is 5.04. The SMILES string of the molecule is CCC(OC(=O)/C=C/c1ccccc1)C(=O)On1ccccc1=S. The molecule has 0 spiro atoms. The van der Waals surface area contributed by atoms with E-state index in [1.54, 1.807) is 31.2 Å². The van der Waals surface area contributed by atoms with Crippen LogP contribution in [0.3, 0.4) is 0 Å². The van der Waals surface area contributed by atoms with Gasteiger partial charge in [0.05, 0.1) is 0 Å². The van der Waals surface area contributed by atoms with Crippen molar-refractivity contribution in [3.8, 4) is 0 Å². The zero-order valence-electron chi connectivity index (χ0n) is 13.1. The largest absolute Gasteiger partial charge is 0.447 e. The number of pyridine rings is 1. The molecule has 24 heavy (non-hydrogen) atoms. The highest BCUT2D eigenvalue weighted by Gasteiger charge is 2.22. The van der Waals surface area contributed by atoms with Crippen LogP contribution in [0.5, 0.6) is 0 Å². The van der Waals surface area contributed by atoms with Gasteiger partial charge in [-0.25, -0.2) is 9.59 Å². The summed E-state index contributed by atoms with van der Waals surface area (Å²) in [6.45, 7) is 1.73. The zero-order chi connectivity index (χ0) is 17.4. The molecule has 0 aliphatic heterocycles. The number of aromatic nitrogens is 1. The number of carbonyl (C=O) groups excluding carboxylic acids is 2. The van der Waals surface area contributed by atoms with Gasteiger partial charge in [-0.15, -0.1) is 0 Å². The summed E-state index contributed by atoms with van der Waals surface area (Å²) in [6, 6.07) is 14.4. The van der Waals surface area contributed by atoms with Crippen molar-refractivity contribution in [3.05, 3.63) is 71.0 Å². The normalized spacial score (nSPS) is 11.9. The molecule has 1 unspecified atom stereocenters. The van der Waals surface area contributed by atoms with Gasteiger partial charge in [-0.05, 0) is 30.2 Å². The highest BCUT2D eigenvalue weighted by Crippen LogP contribution is 2.05. The fourth-order valence-corrected chi connectivity index (χ4v) is 2.03. The summed E-state index contributed by atoms with van der Waals surface area (Å²) in [4.78, 5) is 29.1. The summed E-state index contributed by atoms with van der Waals surface area (Å²) in [5.41, 5.74) is 0.862. The molecule has 0 N–H and O–H groups in total. The highest BCUT2D eigenvalue weighted by atomic mass is 32.1. The lowest BCUT2D eigenvalue weighted by atomic mass is 10.2. The van der Waals surface area contributed by atoms with Crippen molar-refractivity contribution in [2.75, 3.05) is 0 Å². The molecule has 0 aliphatic rings. The minimum Gasteiger partial charge on any atom is -0.447 e. The van der Waals surface area contributed by atoms with Crippen LogP contribution in [0.1, 0.15) is 18.9 Å². The van der Waals surface area contributed by atoms with Crippen molar-refractivity contribution in [1.29, 1.82) is 0 Å². The first-order chi connectivity index (χ1) is 11.6. The van der Waals surface area contributed by atoms with Crippen LogP contribution in [-0.2, 0) is 14.3 Å². The second-order valence-corrected chi connectivity index (χ2v) is 5.27. The van der Waals surface area contributed by atoms with Gasteiger partial charge < -0.3 is 9.57 Å². The minimum absolute atomic E-state index is 0.296. The van der Waals surface area contributed by atoms with Gasteiger partial charge in [0.2, 0.25) is 6.10 Å². The van der Waals surface area contributed by atoms with Crippen LogP contribution in [0.2, 0.25) is 0 Å². The van der Waals surface area contributed by atoms with Crippen LogP contribution >= 0.6 is 12.2 Å². The molecule has 0 radical (unpaired) electrons. The lowest BCUT2D eigenvalue weighted by Gasteiger charge is -2.14. The van der Waals surface area contributed by atoms with Crippen molar-refractivity contribution >= 4 is 30.2 Å². The fourth-order valence-electron chi connectivity index (χ4n) is 1.85. The van der Waals surface area contributed by atoms with Crippen molar-refractivity contribution in [2.24, 2.45) is 0 Å². The molecule has 5 nitrogen and oxygen atoms in total. The first-order valence-electron chi connectivity index (χ1n) is 7.43. The fraction of sp³-hybridized carbons (Fsp3) is 0.167. The Labute approximate surface area is 145 Å². The number of carbonyl (C=O) groups is 2. The highest BCUT2D eigenvalue weighted by molar-refractivity contribution is 7.71. The van der Waals surface area contributed by atoms with Crippen LogP contribution in [0.4, 0.5) is 0 Å². The molecule has 1 aromatic heterocycles. The second kappa shape index (κ2) is 8.79. The van der Waals surface area contributed by atoms with Crippen LogP contribution in [0.25, 0.3) is 6.08 Å². The number of esters is 1. The van der Waals surface area contributed by atoms with E-state index in [2.05, 4.69) is 0 Å². The molecule has 1 heterocycles. The van der Waals surface area contributed by atoms with Crippen LogP contribution < -0.4 is 4.84 Å². The van der Waals surface area contributed by atoms with Crippen LogP contribution in [-0.4, -0.2) is 22.8 Å². The van der Waals surface area contributed by atoms with E-state index in [1.807, 2.05) is 30.3 Å². The molecule has 0 aliphatic carbocycles. The standard InChI is InChI=1S/C18H17NO4S/c1-2-15(18(21)23-19-13-7-6-10-16(19)24)22-17(20)12-11-14-8-4-3-5-9-14/h3-13,15H,2H2,1H3/b12-11+. The average molecular weight is 343 g/mol. The lowest BCUT2D eigenvalue weighted by molar-refractivity contribution is -0.165. The molecule has 2 aromatic rings. The molecular formula is C18H17NO4S. The number of hydrogen-bond donors (Lipinski definition) is 0. The molecule has 1 aromatic carbocycles. The van der Waals surface area contributed by atoms with Crippen LogP contribution in [0, 0.1) is 4.64 Å². The van der Waals surface area contributed by atoms with Gasteiger partial charge in [0, 0.05) is 12.3 Å². The van der Waals surface area contributed by atoms with E-state index in [-0.39, 0.29) is 0 Å². The predicted molar refractivity (Wildman–Crippen MR) is 92.5 cm³/mol. The Balaban J connectivity index is 1.97. The first kappa shape index (κ1) is 17.6. The van der Waals surface area contributed by atoms with Gasteiger partial charge in [0.25, 0.3) is 0 Å². The summed E-state index contributed by atoms with van der Waals surface area (Å²) in [5.74, 6) is -1.29. The first-order valence-corrected chi connectivity index (χ1v) is 7.84. The molecule has 0 saturated heterocycles. The maximum atomic E-state index is 12.1. The summed E-state index contributed by atoms with van der Waals surface area (Å²) < 4.78 is 6.65. The van der Waals surface area contributed by atoms with Crippen molar-refractivity contribution in [2.45, 2.75) is 19.4 Å². The third-order valence-electron chi connectivity index (χ3n) is 3.08. The molecule has 124 valence electrons. The third kappa shape index (κ3) is 5.17. The number of rotatable bonds is 6. The van der Waals surface area contributed by atoms with Gasteiger partial charge in [0.15, 0.2) is 0 Å². The summed E-state index contributed by atoms with van der Waals surface area (Å²) in [6.07, 6.45) is 3.71. The van der Waals surface area contributed by atoms with Gasteiger partial charge >= 0.3 is 11.9 Å². The number of hydrogen-bond acceptors (Lipinski definition) is 5. The molecule has 2 rings (SSSR count). The van der Waals surface area contributed by atoms with Gasteiger partial charge in [-0.1, -0.05) is 55.5 Å². The van der Waals surface area contributed by atoms with Crippen molar-refractivity contribution in [3.63, 3.8) is 0 Å². The molecule has 1 atom stereocenters. The number of nitrogens with zero attached hydrogens (tertiary/aromatic N) is 1. The van der Waals surface area contributed by atoms with Crippen molar-refractivity contribution < 1.29 is 19.2 Å². The van der Waals surface area contributed by atoms with E-state index in [9.17, 15) is 9.59 Å². The quantitative estimate of drug-likeness (QED) is 0.458. The Morgan fingerprint density at radius 2 is 1.88 bits per heavy atom. The van der Waals surface area contributed by atoms with E-state index in [4.69, 9.17) is 21.8 Å². The Bertz CT molecular complexity index is 783. The van der Waals surface area contributed by atoms with E-state index >= 15 is 0 Å². The monoisotopic (exact) mass is 343 g/mol. The third-order valence-corrected chi connectivity index (χ3v) is 3.40. The Kier molecular flexibility index (Phi) is 6.45. The van der Waals surface area contributed by atoms with E-state index in [0.29, 0.717) is 11.1 Å². The Hall–Kier alpha value is -2.73. The molecular weight excluding hydrogens is 326 g/mol. The summed E-state index contributed by atoms with van der Waals surface area (Å²) in [5, 5.41) is 0. The van der Waals surface area contributed by atoms with Gasteiger partial charge in [-0.2, -0.15) is 4.73 Å². The van der Waals surface area contributed by atoms with E-state index in [1.165, 1.54) is 12.3 Å². The van der Waals surface area contributed by atoms with Gasteiger partial charge in [-0.3, -0.25) is 0 Å². The van der Waals surface area contributed by atoms with E-state index < -0.39 is 18.0 Å². The smallest absolute Gasteiger partial charge is 0.373 e. The molecule has 0 saturated carbocycles. The van der Waals surface area contributed by atoms with Crippen LogP contribution in [0.15, 0.2) is 60.8 Å². The predicted octanol–water partition coefficient (Wildman–Crippen LogP) is 3.21. The minimum atomic E-state index is -1.000. The maximum absolute atomic E-state index is 12.1. The van der Waals surface area contributed by atoms with E-state index in [0.717, 1.165) is 10.3 Å². The number of benzene rings is 1. The molecule has 0 amide bonds. The molecule has 6 heteroatoms. The lowest BCUT2D eigenvalue weighted by Crippen LogP contribution is -2.34. The maximum Gasteiger partial charge on any atom is 0.373 e. The average Bonchev–Trinajstić information content (AvgIpc) is 2.60. The Morgan fingerprint density at radius 1 is 1.17 bits per heavy atom. The number of ether oxygens (including phenoxy) is 1. The summed E-state index contributed by atoms with van der Waals surface area (Å²) in [7, 11) is 0. The zero-order valence-corrected chi connectivity index (χ0v) is 13.9. The topological polar surface area (TPSA) is 57.5 Å². The molecule has 0 fully saturated rings. The molecule has 0 bridgehead atoms. The van der Waals surface area contributed by atoms with Gasteiger partial charge in [0.1, 0.15) is 4.64 Å². The second-order valence-electron chi connectivity index (χ2n) is 4.85.